The first kappa shape index (κ1) is 17.6. The van der Waals surface area contributed by atoms with Crippen molar-refractivity contribution in [2.45, 2.75) is 26.4 Å². The number of fused-ring (bicyclic) bond motifs is 1. The number of benzene rings is 2. The quantitative estimate of drug-likeness (QED) is 0.782. The highest BCUT2D eigenvalue weighted by molar-refractivity contribution is 9.10. The Bertz CT molecular complexity index is 778. The van der Waals surface area contributed by atoms with E-state index in [1.165, 1.54) is 0 Å². The number of halogens is 1. The lowest BCUT2D eigenvalue weighted by Gasteiger charge is -2.14. The van der Waals surface area contributed by atoms with Crippen molar-refractivity contribution in [1.29, 1.82) is 0 Å². The number of rotatable bonds is 6. The predicted molar refractivity (Wildman–Crippen MR) is 99.7 cm³/mol. The van der Waals surface area contributed by atoms with Gasteiger partial charge in [-0.15, -0.1) is 0 Å². The van der Waals surface area contributed by atoms with E-state index in [9.17, 15) is 4.79 Å². The average molecular weight is 406 g/mol. The minimum Gasteiger partial charge on any atom is -0.492 e. The molecule has 0 radical (unpaired) electrons. The summed E-state index contributed by atoms with van der Waals surface area (Å²) in [5, 5.41) is 2.84. The van der Waals surface area contributed by atoms with E-state index in [1.54, 1.807) is 6.07 Å². The molecule has 0 aliphatic carbocycles. The van der Waals surface area contributed by atoms with Gasteiger partial charge in [-0.05, 0) is 38.1 Å². The molecule has 132 valence electrons. The number of hydrogen-bond donors (Lipinski definition) is 1. The fraction of sp³-hybridized carbons (Fsp3) is 0.316. The molecule has 0 bridgehead atoms. The third-order valence-electron chi connectivity index (χ3n) is 3.74. The summed E-state index contributed by atoms with van der Waals surface area (Å²) >= 11 is 3.37. The molecular weight excluding hydrogens is 386 g/mol. The zero-order chi connectivity index (χ0) is 17.8. The molecule has 1 heterocycles. The zero-order valence-corrected chi connectivity index (χ0v) is 15.8. The number of hydrogen-bond acceptors (Lipinski definition) is 4. The summed E-state index contributed by atoms with van der Waals surface area (Å²) in [5.41, 5.74) is 1.69. The van der Waals surface area contributed by atoms with E-state index >= 15 is 0 Å². The molecule has 1 amide bonds. The predicted octanol–water partition coefficient (Wildman–Crippen LogP) is 4.19. The van der Waals surface area contributed by atoms with Gasteiger partial charge in [-0.2, -0.15) is 0 Å². The fourth-order valence-electron chi connectivity index (χ4n) is 2.70. The maximum absolute atomic E-state index is 12.2. The van der Waals surface area contributed by atoms with Crippen LogP contribution in [-0.4, -0.2) is 25.2 Å². The first-order valence-corrected chi connectivity index (χ1v) is 8.99. The van der Waals surface area contributed by atoms with Crippen LogP contribution in [0.5, 0.6) is 17.2 Å². The molecule has 2 aromatic rings. The molecule has 1 N–H and O–H groups in total. The summed E-state index contributed by atoms with van der Waals surface area (Å²) in [7, 11) is 0. The van der Waals surface area contributed by atoms with Crippen LogP contribution in [0.4, 0.5) is 5.69 Å². The third kappa shape index (κ3) is 4.45. The van der Waals surface area contributed by atoms with Gasteiger partial charge in [0.1, 0.15) is 23.4 Å². The molecule has 0 fully saturated rings. The number of nitrogens with one attached hydrogen (secondary N) is 1. The second-order valence-corrected chi connectivity index (χ2v) is 6.73. The summed E-state index contributed by atoms with van der Waals surface area (Å²) in [4.78, 5) is 12.2. The van der Waals surface area contributed by atoms with Crippen LogP contribution < -0.4 is 19.5 Å². The van der Waals surface area contributed by atoms with Gasteiger partial charge in [0, 0.05) is 22.5 Å². The van der Waals surface area contributed by atoms with Crippen LogP contribution in [0, 0.1) is 0 Å². The zero-order valence-electron chi connectivity index (χ0n) is 14.2. The van der Waals surface area contributed by atoms with Gasteiger partial charge in [0.15, 0.2) is 6.61 Å². The molecule has 3 rings (SSSR count). The number of carbonyl (C=O) groups is 1. The van der Waals surface area contributed by atoms with E-state index in [-0.39, 0.29) is 18.6 Å². The number of ether oxygens (including phenoxy) is 3. The Morgan fingerprint density at radius 1 is 1.32 bits per heavy atom. The maximum Gasteiger partial charge on any atom is 0.262 e. The molecule has 6 heteroatoms. The van der Waals surface area contributed by atoms with E-state index in [1.807, 2.05) is 44.2 Å². The van der Waals surface area contributed by atoms with Gasteiger partial charge in [-0.3, -0.25) is 4.79 Å². The van der Waals surface area contributed by atoms with Crippen LogP contribution in [0.3, 0.4) is 0 Å². The lowest BCUT2D eigenvalue weighted by Crippen LogP contribution is -2.20. The van der Waals surface area contributed by atoms with Gasteiger partial charge >= 0.3 is 0 Å². The van der Waals surface area contributed by atoms with Crippen molar-refractivity contribution in [3.05, 3.63) is 46.4 Å². The molecule has 0 spiro atoms. The summed E-state index contributed by atoms with van der Waals surface area (Å²) in [6.45, 7) is 4.36. The minimum atomic E-state index is -0.257. The molecule has 0 saturated carbocycles. The van der Waals surface area contributed by atoms with E-state index < -0.39 is 0 Å². The molecule has 1 atom stereocenters. The van der Waals surface area contributed by atoms with Crippen molar-refractivity contribution >= 4 is 27.5 Å². The minimum absolute atomic E-state index is 0.0869. The fourth-order valence-corrected chi connectivity index (χ4v) is 3.08. The van der Waals surface area contributed by atoms with Crippen molar-refractivity contribution < 1.29 is 19.0 Å². The van der Waals surface area contributed by atoms with Crippen LogP contribution in [0.2, 0.25) is 0 Å². The first-order valence-electron chi connectivity index (χ1n) is 8.19. The molecule has 0 aromatic heterocycles. The Hall–Kier alpha value is -2.21. The van der Waals surface area contributed by atoms with Crippen LogP contribution in [-0.2, 0) is 11.2 Å². The van der Waals surface area contributed by atoms with Crippen molar-refractivity contribution in [1.82, 2.24) is 0 Å². The van der Waals surface area contributed by atoms with Gasteiger partial charge in [-0.25, -0.2) is 0 Å². The second kappa shape index (κ2) is 7.78. The monoisotopic (exact) mass is 405 g/mol. The van der Waals surface area contributed by atoms with Crippen molar-refractivity contribution in [2.75, 3.05) is 18.5 Å². The normalized spacial score (nSPS) is 15.2. The Morgan fingerprint density at radius 3 is 2.92 bits per heavy atom. The Morgan fingerprint density at radius 2 is 2.16 bits per heavy atom. The molecule has 2 aromatic carbocycles. The van der Waals surface area contributed by atoms with Crippen molar-refractivity contribution in [3.8, 4) is 17.2 Å². The van der Waals surface area contributed by atoms with Crippen molar-refractivity contribution in [3.63, 3.8) is 0 Å². The highest BCUT2D eigenvalue weighted by Gasteiger charge is 2.22. The van der Waals surface area contributed by atoms with E-state index in [0.717, 1.165) is 22.2 Å². The summed E-state index contributed by atoms with van der Waals surface area (Å²) < 4.78 is 17.8. The highest BCUT2D eigenvalue weighted by atomic mass is 79.9. The molecule has 0 saturated heterocycles. The highest BCUT2D eigenvalue weighted by Crippen LogP contribution is 2.38. The number of amides is 1. The van der Waals surface area contributed by atoms with Gasteiger partial charge in [0.05, 0.1) is 12.3 Å². The number of carbonyl (C=O) groups excluding carboxylic acids is 1. The second-order valence-electron chi connectivity index (χ2n) is 5.82. The standard InChI is InChI=1S/C19H20BrNO4/c1-3-23-18-8-13-7-12(2)25-17(13)10-16(18)21-19(22)11-24-15-6-4-5-14(20)9-15/h4-6,8-10,12H,3,7,11H2,1-2H3,(H,21,22)/t12-/m0/s1. The Kier molecular flexibility index (Phi) is 5.48. The third-order valence-corrected chi connectivity index (χ3v) is 4.23. The van der Waals surface area contributed by atoms with Gasteiger partial charge in [0.25, 0.3) is 5.91 Å². The van der Waals surface area contributed by atoms with Crippen LogP contribution >= 0.6 is 15.9 Å². The molecule has 25 heavy (non-hydrogen) atoms. The lowest BCUT2D eigenvalue weighted by atomic mass is 10.1. The van der Waals surface area contributed by atoms with Crippen LogP contribution in [0.15, 0.2) is 40.9 Å². The SMILES string of the molecule is CCOc1cc2c(cc1NC(=O)COc1cccc(Br)c1)O[C@@H](C)C2. The van der Waals surface area contributed by atoms with E-state index in [0.29, 0.717) is 23.8 Å². The molecule has 1 aliphatic heterocycles. The molecule has 0 unspecified atom stereocenters. The first-order chi connectivity index (χ1) is 12.0. The Balaban J connectivity index is 1.69. The van der Waals surface area contributed by atoms with Gasteiger partial charge < -0.3 is 19.5 Å². The Labute approximate surface area is 155 Å². The molecule has 5 nitrogen and oxygen atoms in total. The van der Waals surface area contributed by atoms with Gasteiger partial charge in [0.2, 0.25) is 0 Å². The lowest BCUT2D eigenvalue weighted by molar-refractivity contribution is -0.118. The maximum atomic E-state index is 12.2. The van der Waals surface area contributed by atoms with Crippen molar-refractivity contribution in [2.24, 2.45) is 0 Å². The topological polar surface area (TPSA) is 56.8 Å². The smallest absolute Gasteiger partial charge is 0.262 e. The summed E-state index contributed by atoms with van der Waals surface area (Å²) in [6.07, 6.45) is 0.977. The largest absolute Gasteiger partial charge is 0.492 e. The summed E-state index contributed by atoms with van der Waals surface area (Å²) in [6, 6.07) is 11.1. The average Bonchev–Trinajstić information content (AvgIpc) is 2.92. The van der Waals surface area contributed by atoms with E-state index in [4.69, 9.17) is 14.2 Å². The molecule has 1 aliphatic rings. The molecular formula is C19H20BrNO4. The van der Waals surface area contributed by atoms with Crippen LogP contribution in [0.1, 0.15) is 19.4 Å². The van der Waals surface area contributed by atoms with Gasteiger partial charge in [-0.1, -0.05) is 22.0 Å². The van der Waals surface area contributed by atoms with Crippen LogP contribution in [0.25, 0.3) is 0 Å². The van der Waals surface area contributed by atoms with E-state index in [2.05, 4.69) is 21.2 Å². The number of anilines is 1. The summed E-state index contributed by atoms with van der Waals surface area (Å²) in [5.74, 6) is 1.81.